The quantitative estimate of drug-likeness (QED) is 0.360. The number of rotatable bonds is 3. The lowest BCUT2D eigenvalue weighted by atomic mass is 10.00. The van der Waals surface area contributed by atoms with E-state index in [0.717, 1.165) is 17.7 Å². The van der Waals surface area contributed by atoms with Crippen molar-refractivity contribution in [3.05, 3.63) is 75.9 Å². The van der Waals surface area contributed by atoms with Gasteiger partial charge in [-0.2, -0.15) is 0 Å². The SMILES string of the molecule is O=c1c(O)c(-c2ccc(O)c(Cc3cccc(O)c3)c2)oc2cc(O)cc(O)c12. The predicted molar refractivity (Wildman–Crippen MR) is 105 cm³/mol. The Hall–Kier alpha value is -4.13. The minimum absolute atomic E-state index is 0.00462. The van der Waals surface area contributed by atoms with E-state index in [-0.39, 0.29) is 40.4 Å². The third-order valence-corrected chi connectivity index (χ3v) is 4.58. The molecule has 0 aliphatic rings. The molecule has 0 radical (unpaired) electrons. The second-order valence-electron chi connectivity index (χ2n) is 6.64. The molecule has 1 heterocycles. The average Bonchev–Trinajstić information content (AvgIpc) is 2.66. The van der Waals surface area contributed by atoms with Crippen molar-refractivity contribution in [2.45, 2.75) is 6.42 Å². The Bertz CT molecular complexity index is 1300. The van der Waals surface area contributed by atoms with Crippen molar-refractivity contribution in [3.8, 4) is 40.1 Å². The van der Waals surface area contributed by atoms with E-state index in [0.29, 0.717) is 11.1 Å². The summed E-state index contributed by atoms with van der Waals surface area (Å²) in [4.78, 5) is 12.5. The third kappa shape index (κ3) is 3.29. The molecule has 0 amide bonds. The van der Waals surface area contributed by atoms with Crippen LogP contribution in [0.3, 0.4) is 0 Å². The average molecular weight is 392 g/mol. The Kier molecular flexibility index (Phi) is 4.27. The van der Waals surface area contributed by atoms with Crippen LogP contribution in [0.5, 0.6) is 28.7 Å². The first kappa shape index (κ1) is 18.2. The highest BCUT2D eigenvalue weighted by molar-refractivity contribution is 5.88. The van der Waals surface area contributed by atoms with Gasteiger partial charge in [0.1, 0.15) is 34.0 Å². The highest BCUT2D eigenvalue weighted by Crippen LogP contribution is 2.36. The first-order valence-corrected chi connectivity index (χ1v) is 8.65. The maximum Gasteiger partial charge on any atom is 0.238 e. The van der Waals surface area contributed by atoms with E-state index in [1.54, 1.807) is 24.3 Å². The fourth-order valence-corrected chi connectivity index (χ4v) is 3.23. The van der Waals surface area contributed by atoms with Gasteiger partial charge in [-0.05, 0) is 41.5 Å². The van der Waals surface area contributed by atoms with Crippen LogP contribution in [0.25, 0.3) is 22.3 Å². The van der Waals surface area contributed by atoms with Crippen molar-refractivity contribution < 1.29 is 29.9 Å². The van der Waals surface area contributed by atoms with Gasteiger partial charge in [0.2, 0.25) is 11.2 Å². The summed E-state index contributed by atoms with van der Waals surface area (Å²) in [6, 6.07) is 13.1. The number of phenolic OH excluding ortho intramolecular Hbond substituents is 4. The molecule has 0 saturated carbocycles. The molecule has 0 aliphatic heterocycles. The topological polar surface area (TPSA) is 131 Å². The minimum Gasteiger partial charge on any atom is -0.508 e. The Morgan fingerprint density at radius 1 is 0.793 bits per heavy atom. The van der Waals surface area contributed by atoms with E-state index in [9.17, 15) is 30.3 Å². The van der Waals surface area contributed by atoms with Gasteiger partial charge < -0.3 is 29.9 Å². The van der Waals surface area contributed by atoms with Crippen molar-refractivity contribution in [3.63, 3.8) is 0 Å². The van der Waals surface area contributed by atoms with Crippen molar-refractivity contribution in [1.29, 1.82) is 0 Å². The number of fused-ring (bicyclic) bond motifs is 1. The zero-order valence-electron chi connectivity index (χ0n) is 15.0. The monoisotopic (exact) mass is 392 g/mol. The van der Waals surface area contributed by atoms with Gasteiger partial charge in [0.05, 0.1) is 0 Å². The molecule has 7 nitrogen and oxygen atoms in total. The maximum atomic E-state index is 12.5. The Labute approximate surface area is 164 Å². The smallest absolute Gasteiger partial charge is 0.238 e. The van der Waals surface area contributed by atoms with E-state index in [4.69, 9.17) is 4.42 Å². The highest BCUT2D eigenvalue weighted by atomic mass is 16.4. The van der Waals surface area contributed by atoms with Crippen molar-refractivity contribution in [1.82, 2.24) is 0 Å². The normalized spacial score (nSPS) is 11.0. The number of phenols is 4. The van der Waals surface area contributed by atoms with Gasteiger partial charge in [-0.1, -0.05) is 12.1 Å². The van der Waals surface area contributed by atoms with Crippen LogP contribution in [-0.2, 0) is 6.42 Å². The first-order valence-electron chi connectivity index (χ1n) is 8.65. The van der Waals surface area contributed by atoms with Crippen LogP contribution >= 0.6 is 0 Å². The van der Waals surface area contributed by atoms with Gasteiger partial charge in [0.25, 0.3) is 0 Å². The van der Waals surface area contributed by atoms with Gasteiger partial charge in [-0.3, -0.25) is 4.79 Å². The maximum absolute atomic E-state index is 12.5. The lowest BCUT2D eigenvalue weighted by Crippen LogP contribution is -2.03. The van der Waals surface area contributed by atoms with E-state index >= 15 is 0 Å². The van der Waals surface area contributed by atoms with E-state index in [1.165, 1.54) is 18.2 Å². The van der Waals surface area contributed by atoms with Crippen molar-refractivity contribution in [2.24, 2.45) is 0 Å². The van der Waals surface area contributed by atoms with Crippen LogP contribution in [0.15, 0.2) is 63.8 Å². The molecule has 0 aliphatic carbocycles. The third-order valence-electron chi connectivity index (χ3n) is 4.58. The number of hydrogen-bond acceptors (Lipinski definition) is 7. The van der Waals surface area contributed by atoms with Crippen LogP contribution < -0.4 is 5.43 Å². The zero-order valence-corrected chi connectivity index (χ0v) is 15.0. The van der Waals surface area contributed by atoms with Gasteiger partial charge in [0, 0.05) is 24.1 Å². The molecule has 146 valence electrons. The molecule has 29 heavy (non-hydrogen) atoms. The summed E-state index contributed by atoms with van der Waals surface area (Å²) in [7, 11) is 0. The molecule has 0 spiro atoms. The summed E-state index contributed by atoms with van der Waals surface area (Å²) in [5.74, 6) is -1.58. The predicted octanol–water partition coefficient (Wildman–Crippen LogP) is 3.58. The van der Waals surface area contributed by atoms with E-state index in [2.05, 4.69) is 0 Å². The van der Waals surface area contributed by atoms with Crippen molar-refractivity contribution in [2.75, 3.05) is 0 Å². The lowest BCUT2D eigenvalue weighted by molar-refractivity contribution is 0.438. The van der Waals surface area contributed by atoms with Crippen LogP contribution in [-0.4, -0.2) is 25.5 Å². The van der Waals surface area contributed by atoms with Gasteiger partial charge in [0.15, 0.2) is 5.76 Å². The van der Waals surface area contributed by atoms with Crippen LogP contribution in [0.2, 0.25) is 0 Å². The summed E-state index contributed by atoms with van der Waals surface area (Å²) in [6.45, 7) is 0. The molecule has 0 unspecified atom stereocenters. The standard InChI is InChI=1S/C22H16O7/c23-14-3-1-2-11(7-14)6-13-8-12(4-5-16(13)25)22-21(28)20(27)19-17(26)9-15(24)10-18(19)29-22/h1-5,7-10,23-26,28H,6H2. The Morgan fingerprint density at radius 3 is 2.34 bits per heavy atom. The van der Waals surface area contributed by atoms with Gasteiger partial charge >= 0.3 is 0 Å². The summed E-state index contributed by atoms with van der Waals surface area (Å²) in [5, 5.41) is 49.5. The molecule has 0 saturated heterocycles. The highest BCUT2D eigenvalue weighted by Gasteiger charge is 2.19. The summed E-state index contributed by atoms with van der Waals surface area (Å²) >= 11 is 0. The molecule has 7 heteroatoms. The molecular weight excluding hydrogens is 376 g/mol. The molecule has 5 N–H and O–H groups in total. The molecular formula is C22H16O7. The molecule has 0 fully saturated rings. The number of hydrogen-bond donors (Lipinski definition) is 5. The van der Waals surface area contributed by atoms with Gasteiger partial charge in [-0.15, -0.1) is 0 Å². The number of benzene rings is 3. The zero-order chi connectivity index (χ0) is 20.7. The summed E-state index contributed by atoms with van der Waals surface area (Å²) in [5.41, 5.74) is 0.604. The second-order valence-corrected chi connectivity index (χ2v) is 6.64. The summed E-state index contributed by atoms with van der Waals surface area (Å²) < 4.78 is 5.59. The molecule has 4 aromatic rings. The summed E-state index contributed by atoms with van der Waals surface area (Å²) in [6.07, 6.45) is 0.286. The fourth-order valence-electron chi connectivity index (χ4n) is 3.23. The molecule has 0 bridgehead atoms. The van der Waals surface area contributed by atoms with Crippen LogP contribution in [0.1, 0.15) is 11.1 Å². The van der Waals surface area contributed by atoms with E-state index < -0.39 is 16.9 Å². The molecule has 3 aromatic carbocycles. The minimum atomic E-state index is -0.846. The van der Waals surface area contributed by atoms with Crippen LogP contribution in [0.4, 0.5) is 0 Å². The largest absolute Gasteiger partial charge is 0.508 e. The second kappa shape index (κ2) is 6.79. The lowest BCUT2D eigenvalue weighted by Gasteiger charge is -2.10. The number of aromatic hydroxyl groups is 5. The van der Waals surface area contributed by atoms with Crippen LogP contribution in [0, 0.1) is 0 Å². The molecule has 0 atom stereocenters. The van der Waals surface area contributed by atoms with Crippen molar-refractivity contribution >= 4 is 11.0 Å². The molecule has 4 rings (SSSR count). The Balaban J connectivity index is 1.86. The van der Waals surface area contributed by atoms with Gasteiger partial charge in [-0.25, -0.2) is 0 Å². The fraction of sp³-hybridized carbons (Fsp3) is 0.0455. The Morgan fingerprint density at radius 2 is 1.59 bits per heavy atom. The van der Waals surface area contributed by atoms with E-state index in [1.807, 2.05) is 0 Å². The first-order chi connectivity index (χ1) is 13.8. The molecule has 1 aromatic heterocycles.